The Hall–Kier alpha value is 6.58. The number of hydrogen-bond acceptors (Lipinski definition) is 14. The van der Waals surface area contributed by atoms with Crippen LogP contribution in [0.1, 0.15) is 41.5 Å². The van der Waals surface area contributed by atoms with Crippen LogP contribution in [-0.2, 0) is 9.47 Å². The number of ether oxygens (including phenoxy) is 2. The Labute approximate surface area is 580 Å². The third-order valence-corrected chi connectivity index (χ3v) is 8.38. The van der Waals surface area contributed by atoms with E-state index in [4.69, 9.17) is 213 Å². The molecule has 0 aromatic carbocycles. The van der Waals surface area contributed by atoms with E-state index in [1.165, 1.54) is 0 Å². The monoisotopic (exact) mass is 1480 g/mol. The minimum atomic E-state index is -0.534. The molecule has 72 heavy (non-hydrogen) atoms. The molecule has 16 N–H and O–H groups in total. The van der Waals surface area contributed by atoms with Crippen molar-refractivity contribution in [2.45, 2.75) is 99.7 Å². The first kappa shape index (κ1) is 138. The first-order chi connectivity index (χ1) is 30.0. The van der Waals surface area contributed by atoms with Gasteiger partial charge in [-0.3, -0.25) is 0 Å². The molecule has 0 spiro atoms. The molecular formula is C36H82Ca2Cl18O16. The van der Waals surface area contributed by atoms with E-state index in [1.54, 1.807) is 39.8 Å². The molecule has 2 aliphatic heterocycles. The fraction of sp³-hybridized carbons (Fsp3) is 0.889. The summed E-state index contributed by atoms with van der Waals surface area (Å²) in [4.78, 5) is 0. The summed E-state index contributed by atoms with van der Waals surface area (Å²) in [6.45, 7) is 19.4. The summed E-state index contributed by atoms with van der Waals surface area (Å²) >= 11 is 72.3. The standard InChI is InChI=1S/4C3H6Cl2O.C3H5ClO.4C3H7ClO.C3H5Cl.C3H6O.C3H6.2Ca.2Cl2.6H2O/c2*4-1-3(5)2-6;2*4-1-3(6)2-5;4-1-3-2-5-3;2*1-3(4)2-5;2*1-3(5)2-4;1-2-3-4;1-3-2-4-3;1-3-2;;;2*1-2;;;;;;/h4*3,6H,1-2H2;3H,1-2H2;4*3,5H,2H2,1H3;2H,1,3H2;3H,2H2,1H3;3H,1H2,2H3;;;;;6*1H2/q;;;;;;;;;;;;2*+2;;;;;;;;/p-4. The van der Waals surface area contributed by atoms with Gasteiger partial charge in [0.2, 0.25) is 0 Å². The smallest absolute Gasteiger partial charge is 0.870 e. The van der Waals surface area contributed by atoms with Gasteiger partial charge < -0.3 is 83.2 Å². The van der Waals surface area contributed by atoms with Gasteiger partial charge in [-0.05, 0) is 41.5 Å². The topological polar surface area (TPSA) is 370 Å². The van der Waals surface area contributed by atoms with Crippen LogP contribution in [0.3, 0.4) is 0 Å². The van der Waals surface area contributed by atoms with Crippen LogP contribution in [0.25, 0.3) is 0 Å². The van der Waals surface area contributed by atoms with E-state index in [-0.39, 0.29) is 192 Å². The van der Waals surface area contributed by atoms with Crippen LogP contribution >= 0.6 is 206 Å². The molecule has 16 nitrogen and oxygen atoms in total. The maximum Gasteiger partial charge on any atom is 2.00 e. The van der Waals surface area contributed by atoms with E-state index in [1.807, 2.05) is 6.92 Å². The molecule has 0 bridgehead atoms. The van der Waals surface area contributed by atoms with Crippen LogP contribution in [0.15, 0.2) is 25.3 Å². The molecular weight excluding hydrogens is 1410 g/mol. The number of alkyl halides is 14. The molecule has 452 valence electrons. The second-order valence-corrected chi connectivity index (χ2v) is 16.6. The number of allylic oxidation sites excluding steroid dienone is 2. The molecule has 0 aromatic rings. The maximum atomic E-state index is 8.40. The third kappa shape index (κ3) is 279. The minimum absolute atomic E-state index is 0. The van der Waals surface area contributed by atoms with Gasteiger partial charge in [0.25, 0.3) is 0 Å². The molecule has 8 unspecified atom stereocenters. The molecule has 2 aliphatic rings. The van der Waals surface area contributed by atoms with Crippen molar-refractivity contribution in [3.05, 3.63) is 25.3 Å². The van der Waals surface area contributed by atoms with Crippen LogP contribution in [-0.4, -0.2) is 306 Å². The fourth-order valence-electron chi connectivity index (χ4n) is 0.433. The zero-order chi connectivity index (χ0) is 53.9. The van der Waals surface area contributed by atoms with Crippen molar-refractivity contribution in [1.82, 2.24) is 0 Å². The summed E-state index contributed by atoms with van der Waals surface area (Å²) in [5.74, 6) is 3.43. The van der Waals surface area contributed by atoms with Crippen molar-refractivity contribution >= 4 is 281 Å². The van der Waals surface area contributed by atoms with Gasteiger partial charge in [0.15, 0.2) is 0 Å². The molecule has 0 amide bonds. The van der Waals surface area contributed by atoms with Gasteiger partial charge in [-0.25, -0.2) is 0 Å². The first-order valence-electron chi connectivity index (χ1n) is 18.0. The SMILES string of the molecule is C=CC.C=CCCl.CC(Cl)CO.CC(Cl)CO.CC(O)CCl.CC(O)CCl.CC1CO1.ClCC1CO1.ClCl.ClCl.O.O.OC(CCl)CCl.OC(CCl)CCl.OCC(Cl)CCl.OCC(Cl)CCl.[Ca+2].[Ca+2].[OH-].[OH-].[OH-].[OH-]. The summed E-state index contributed by atoms with van der Waals surface area (Å²) in [7, 11) is 16.4. The maximum absolute atomic E-state index is 8.40. The molecule has 2 saturated heterocycles. The summed E-state index contributed by atoms with van der Waals surface area (Å²) in [5.41, 5.74) is 0. The second-order valence-electron chi connectivity index (χ2n) is 10.8. The Balaban J connectivity index is -0.0000000224. The Bertz CT molecular complexity index is 627. The van der Waals surface area contributed by atoms with Crippen LogP contribution in [0.4, 0.5) is 0 Å². The van der Waals surface area contributed by atoms with Crippen LogP contribution in [0.5, 0.6) is 0 Å². The van der Waals surface area contributed by atoms with Crippen molar-refractivity contribution in [2.75, 3.05) is 98.4 Å². The number of aliphatic hydroxyl groups excluding tert-OH is 8. The normalized spacial score (nSPS) is 13.5. The summed E-state index contributed by atoms with van der Waals surface area (Å²) in [6.07, 6.45) is 2.60. The molecule has 2 heterocycles. The van der Waals surface area contributed by atoms with Gasteiger partial charge in [-0.1, -0.05) is 12.2 Å². The fourth-order valence-corrected chi connectivity index (χ4v) is 1.47. The van der Waals surface area contributed by atoms with Gasteiger partial charge in [0.1, 0.15) is 0 Å². The molecule has 2 fully saturated rings. The van der Waals surface area contributed by atoms with Crippen molar-refractivity contribution < 1.29 is 83.2 Å². The zero-order valence-corrected chi connectivity index (χ0v) is 59.1. The van der Waals surface area contributed by atoms with Gasteiger partial charge in [-0.2, -0.15) is 0 Å². The Kier molecular flexibility index (Phi) is 272. The molecule has 0 aromatic heterocycles. The molecule has 0 saturated carbocycles. The first-order valence-corrected chi connectivity index (χ1v) is 27.4. The van der Waals surface area contributed by atoms with E-state index in [9.17, 15) is 0 Å². The molecule has 2 rings (SSSR count). The number of hydrogen-bond donors (Lipinski definition) is 8. The molecule has 0 radical (unpaired) electrons. The van der Waals surface area contributed by atoms with E-state index in [2.05, 4.69) is 63.5 Å². The van der Waals surface area contributed by atoms with Crippen molar-refractivity contribution in [3.63, 3.8) is 0 Å². The summed E-state index contributed by atoms with van der Waals surface area (Å²) < 4.78 is 9.43. The Morgan fingerprint density at radius 1 is 0.500 bits per heavy atom. The largest absolute Gasteiger partial charge is 2.00 e. The quantitative estimate of drug-likeness (QED) is 0.0348. The number of aliphatic hydroxyl groups is 8. The predicted molar refractivity (Wildman–Crippen MR) is 322 cm³/mol. The predicted octanol–water partition coefficient (Wildman–Crippen LogP) is 9.00. The van der Waals surface area contributed by atoms with E-state index in [0.717, 1.165) is 13.2 Å². The van der Waals surface area contributed by atoms with Gasteiger partial charge in [-0.15, -0.1) is 176 Å². The number of rotatable bonds is 14. The Morgan fingerprint density at radius 2 is 0.667 bits per heavy atom. The van der Waals surface area contributed by atoms with Crippen molar-refractivity contribution in [2.24, 2.45) is 0 Å². The molecule has 8 atom stereocenters. The van der Waals surface area contributed by atoms with Crippen LogP contribution < -0.4 is 0 Å². The van der Waals surface area contributed by atoms with Crippen molar-refractivity contribution in [1.29, 1.82) is 0 Å². The second kappa shape index (κ2) is 142. The summed E-state index contributed by atoms with van der Waals surface area (Å²) in [5, 5.41) is 64.8. The van der Waals surface area contributed by atoms with Crippen LogP contribution in [0, 0.1) is 0 Å². The summed E-state index contributed by atoms with van der Waals surface area (Å²) in [6, 6.07) is 0. The van der Waals surface area contributed by atoms with E-state index in [0.29, 0.717) is 47.5 Å². The number of epoxide rings is 2. The number of halogens is 18. The molecule has 0 aliphatic carbocycles. The molecule has 36 heteroatoms. The van der Waals surface area contributed by atoms with E-state index >= 15 is 0 Å². The van der Waals surface area contributed by atoms with Gasteiger partial charge in [0, 0.05) is 96.3 Å². The van der Waals surface area contributed by atoms with E-state index < -0.39 is 12.2 Å². The van der Waals surface area contributed by atoms with Crippen LogP contribution in [0.2, 0.25) is 0 Å². The van der Waals surface area contributed by atoms with Crippen molar-refractivity contribution in [3.8, 4) is 0 Å². The minimum Gasteiger partial charge on any atom is -0.870 e. The Morgan fingerprint density at radius 3 is 0.667 bits per heavy atom. The average Bonchev–Trinajstić information content (AvgIpc) is 4.29. The zero-order valence-electron chi connectivity index (χ0n) is 41.1. The third-order valence-electron chi connectivity index (χ3n) is 3.58. The van der Waals surface area contributed by atoms with Gasteiger partial charge in [0.05, 0.1) is 104 Å². The van der Waals surface area contributed by atoms with Gasteiger partial charge >= 0.3 is 75.5 Å². The average molecular weight is 1490 g/mol.